The van der Waals surface area contributed by atoms with Gasteiger partial charge in [-0.1, -0.05) is 12.1 Å². The van der Waals surface area contributed by atoms with Crippen LogP contribution in [-0.4, -0.2) is 37.0 Å². The van der Waals surface area contributed by atoms with Gasteiger partial charge in [-0.2, -0.15) is 0 Å². The summed E-state index contributed by atoms with van der Waals surface area (Å²) in [6.07, 6.45) is 2.96. The Morgan fingerprint density at radius 2 is 1.85 bits per heavy atom. The number of ether oxygens (including phenoxy) is 2. The molecule has 1 amide bonds. The van der Waals surface area contributed by atoms with E-state index in [1.807, 2.05) is 19.1 Å². The topological polar surface area (TPSA) is 81.9 Å². The van der Waals surface area contributed by atoms with Crippen molar-refractivity contribution in [3.63, 3.8) is 0 Å². The first kappa shape index (κ1) is 20.0. The SMILES string of the molecule is COc1cc(C)c(CN(C)C(=O)/C=C/c2cccc([N+](=O)[O-])c2)cc1OC. The number of hydrogen-bond acceptors (Lipinski definition) is 5. The lowest BCUT2D eigenvalue weighted by atomic mass is 10.1. The quantitative estimate of drug-likeness (QED) is 0.423. The fourth-order valence-corrected chi connectivity index (χ4v) is 2.56. The molecule has 27 heavy (non-hydrogen) atoms. The summed E-state index contributed by atoms with van der Waals surface area (Å²) in [6, 6.07) is 9.83. The Labute approximate surface area is 158 Å². The van der Waals surface area contributed by atoms with E-state index in [0.717, 1.165) is 11.1 Å². The summed E-state index contributed by atoms with van der Waals surface area (Å²) in [6.45, 7) is 2.33. The number of amides is 1. The molecule has 0 spiro atoms. The second kappa shape index (κ2) is 8.84. The minimum atomic E-state index is -0.467. The molecule has 0 unspecified atom stereocenters. The van der Waals surface area contributed by atoms with Crippen molar-refractivity contribution in [3.05, 3.63) is 69.3 Å². The zero-order valence-corrected chi connectivity index (χ0v) is 15.8. The molecule has 0 atom stereocenters. The molecule has 7 nitrogen and oxygen atoms in total. The van der Waals surface area contributed by atoms with Gasteiger partial charge < -0.3 is 14.4 Å². The number of benzene rings is 2. The van der Waals surface area contributed by atoms with Gasteiger partial charge >= 0.3 is 0 Å². The van der Waals surface area contributed by atoms with Crippen LogP contribution in [0.2, 0.25) is 0 Å². The van der Waals surface area contributed by atoms with E-state index >= 15 is 0 Å². The van der Waals surface area contributed by atoms with E-state index < -0.39 is 4.92 Å². The second-order valence-electron chi connectivity index (χ2n) is 6.01. The summed E-state index contributed by atoms with van der Waals surface area (Å²) in [5.41, 5.74) is 2.49. The average Bonchev–Trinajstić information content (AvgIpc) is 2.67. The summed E-state index contributed by atoms with van der Waals surface area (Å²) >= 11 is 0. The Morgan fingerprint density at radius 1 is 1.19 bits per heavy atom. The van der Waals surface area contributed by atoms with Gasteiger partial charge in [-0.05, 0) is 41.8 Å². The Hall–Kier alpha value is -3.35. The lowest BCUT2D eigenvalue weighted by molar-refractivity contribution is -0.384. The smallest absolute Gasteiger partial charge is 0.270 e. The fraction of sp³-hybridized carbons (Fsp3) is 0.250. The number of nitro benzene ring substituents is 1. The molecule has 0 bridgehead atoms. The summed E-state index contributed by atoms with van der Waals surface area (Å²) < 4.78 is 10.6. The number of methoxy groups -OCH3 is 2. The van der Waals surface area contributed by atoms with E-state index in [4.69, 9.17) is 9.47 Å². The highest BCUT2D eigenvalue weighted by atomic mass is 16.6. The van der Waals surface area contributed by atoms with E-state index in [0.29, 0.717) is 23.6 Å². The third-order valence-electron chi connectivity index (χ3n) is 4.13. The van der Waals surface area contributed by atoms with E-state index in [9.17, 15) is 14.9 Å². The summed E-state index contributed by atoms with van der Waals surface area (Å²) in [7, 11) is 4.83. The predicted molar refractivity (Wildman–Crippen MR) is 103 cm³/mol. The second-order valence-corrected chi connectivity index (χ2v) is 6.01. The van der Waals surface area contributed by atoms with Crippen LogP contribution in [0.4, 0.5) is 5.69 Å². The number of likely N-dealkylation sites (N-methyl/N-ethyl adjacent to an activating group) is 1. The number of hydrogen-bond donors (Lipinski definition) is 0. The van der Waals surface area contributed by atoms with Crippen molar-refractivity contribution in [3.8, 4) is 11.5 Å². The van der Waals surface area contributed by atoms with Gasteiger partial charge in [-0.15, -0.1) is 0 Å². The highest BCUT2D eigenvalue weighted by Crippen LogP contribution is 2.30. The van der Waals surface area contributed by atoms with Gasteiger partial charge in [0.2, 0.25) is 5.91 Å². The van der Waals surface area contributed by atoms with Crippen molar-refractivity contribution >= 4 is 17.7 Å². The van der Waals surface area contributed by atoms with Crippen LogP contribution in [-0.2, 0) is 11.3 Å². The molecule has 2 aromatic rings. The number of non-ortho nitro benzene ring substituents is 1. The molecule has 7 heteroatoms. The normalized spacial score (nSPS) is 10.7. The van der Waals surface area contributed by atoms with Crippen LogP contribution >= 0.6 is 0 Å². The first-order valence-electron chi connectivity index (χ1n) is 8.24. The number of nitrogens with zero attached hydrogens (tertiary/aromatic N) is 2. The van der Waals surface area contributed by atoms with Crippen LogP contribution in [0.25, 0.3) is 6.08 Å². The molecule has 0 N–H and O–H groups in total. The van der Waals surface area contributed by atoms with Crippen LogP contribution in [0.1, 0.15) is 16.7 Å². The number of rotatable bonds is 7. The van der Waals surface area contributed by atoms with Crippen LogP contribution in [0.5, 0.6) is 11.5 Å². The third kappa shape index (κ3) is 5.07. The van der Waals surface area contributed by atoms with E-state index in [1.54, 1.807) is 44.4 Å². The van der Waals surface area contributed by atoms with Gasteiger partial charge in [0.25, 0.3) is 5.69 Å². The summed E-state index contributed by atoms with van der Waals surface area (Å²) in [5.74, 6) is 1.03. The van der Waals surface area contributed by atoms with Crippen LogP contribution < -0.4 is 9.47 Å². The van der Waals surface area contributed by atoms with E-state index in [-0.39, 0.29) is 11.6 Å². The minimum Gasteiger partial charge on any atom is -0.493 e. The van der Waals surface area contributed by atoms with Gasteiger partial charge in [0.1, 0.15) is 0 Å². The molecule has 0 aliphatic carbocycles. The molecule has 0 aromatic heterocycles. The highest BCUT2D eigenvalue weighted by molar-refractivity contribution is 5.91. The highest BCUT2D eigenvalue weighted by Gasteiger charge is 2.12. The Bertz CT molecular complexity index is 877. The molecule has 2 aromatic carbocycles. The largest absolute Gasteiger partial charge is 0.493 e. The van der Waals surface area contributed by atoms with Crippen LogP contribution in [0, 0.1) is 17.0 Å². The zero-order chi connectivity index (χ0) is 20.0. The fourth-order valence-electron chi connectivity index (χ4n) is 2.56. The predicted octanol–water partition coefficient (Wildman–Crippen LogP) is 3.59. The molecule has 0 fully saturated rings. The summed E-state index contributed by atoms with van der Waals surface area (Å²) in [5, 5.41) is 10.8. The molecular weight excluding hydrogens is 348 g/mol. The maximum atomic E-state index is 12.4. The van der Waals surface area contributed by atoms with E-state index in [1.165, 1.54) is 18.2 Å². The summed E-state index contributed by atoms with van der Waals surface area (Å²) in [4.78, 5) is 24.3. The third-order valence-corrected chi connectivity index (χ3v) is 4.13. The lowest BCUT2D eigenvalue weighted by Crippen LogP contribution is -2.24. The molecule has 142 valence electrons. The number of carbonyl (C=O) groups excluding carboxylic acids is 1. The monoisotopic (exact) mass is 370 g/mol. The van der Waals surface area contributed by atoms with Gasteiger partial charge in [-0.25, -0.2) is 0 Å². The molecule has 0 radical (unpaired) electrons. The maximum Gasteiger partial charge on any atom is 0.270 e. The molecular formula is C20H22N2O5. The van der Waals surface area contributed by atoms with Crippen molar-refractivity contribution < 1.29 is 19.2 Å². The van der Waals surface area contributed by atoms with Gasteiger partial charge in [-0.3, -0.25) is 14.9 Å². The first-order chi connectivity index (χ1) is 12.8. The lowest BCUT2D eigenvalue weighted by Gasteiger charge is -2.18. The Balaban J connectivity index is 2.12. The molecule has 2 rings (SSSR count). The van der Waals surface area contributed by atoms with Crippen molar-refractivity contribution in [1.29, 1.82) is 0 Å². The zero-order valence-electron chi connectivity index (χ0n) is 15.8. The Kier molecular flexibility index (Phi) is 6.54. The van der Waals surface area contributed by atoms with Crippen molar-refractivity contribution in [2.75, 3.05) is 21.3 Å². The molecule has 0 saturated heterocycles. The van der Waals surface area contributed by atoms with Crippen molar-refractivity contribution in [2.24, 2.45) is 0 Å². The van der Waals surface area contributed by atoms with Crippen LogP contribution in [0.15, 0.2) is 42.5 Å². The van der Waals surface area contributed by atoms with Gasteiger partial charge in [0.15, 0.2) is 11.5 Å². The maximum absolute atomic E-state index is 12.4. The number of nitro groups is 1. The Morgan fingerprint density at radius 3 is 2.48 bits per heavy atom. The molecule has 0 aliphatic rings. The van der Waals surface area contributed by atoms with Gasteiger partial charge in [0, 0.05) is 31.8 Å². The molecule has 0 heterocycles. The van der Waals surface area contributed by atoms with Gasteiger partial charge in [0.05, 0.1) is 19.1 Å². The first-order valence-corrected chi connectivity index (χ1v) is 8.24. The van der Waals surface area contributed by atoms with E-state index in [2.05, 4.69) is 0 Å². The van der Waals surface area contributed by atoms with Crippen molar-refractivity contribution in [2.45, 2.75) is 13.5 Å². The standard InChI is InChI=1S/C20H22N2O5/c1-14-10-18(26-3)19(27-4)12-16(14)13-21(2)20(23)9-8-15-6-5-7-17(11-15)22(24)25/h5-12H,13H2,1-4H3/b9-8+. The van der Waals surface area contributed by atoms with Crippen molar-refractivity contribution in [1.82, 2.24) is 4.90 Å². The minimum absolute atomic E-state index is 0.0149. The number of aryl methyl sites for hydroxylation is 1. The number of carbonyl (C=O) groups is 1. The van der Waals surface area contributed by atoms with Crippen LogP contribution in [0.3, 0.4) is 0 Å². The molecule has 0 aliphatic heterocycles. The average molecular weight is 370 g/mol. The molecule has 0 saturated carbocycles.